The van der Waals surface area contributed by atoms with Gasteiger partial charge in [0.05, 0.1) is 6.10 Å². The lowest BCUT2D eigenvalue weighted by Crippen LogP contribution is -2.39. The van der Waals surface area contributed by atoms with Gasteiger partial charge in [-0.1, -0.05) is 30.3 Å². The fourth-order valence-corrected chi connectivity index (χ4v) is 1.45. The van der Waals surface area contributed by atoms with E-state index in [2.05, 4.69) is 10.6 Å². The maximum absolute atomic E-state index is 11.2. The van der Waals surface area contributed by atoms with Crippen molar-refractivity contribution < 1.29 is 9.90 Å². The number of carbonyl (C=O) groups is 1. The maximum atomic E-state index is 11.2. The number of rotatable bonds is 6. The molecule has 0 fully saturated rings. The number of aliphatic hydroxyl groups is 1. The Hall–Kier alpha value is -1.59. The standard InChI is InChI=1S/C13H21N3O2/c1-16(2)13(18)15-9-8-14-10-12(17)11-6-4-3-5-7-11/h3-7,12,14,17H,8-10H2,1-2H3,(H,15,18). The Kier molecular flexibility index (Phi) is 6.18. The van der Waals surface area contributed by atoms with Gasteiger partial charge in [0.2, 0.25) is 0 Å². The molecule has 1 aromatic carbocycles. The average Bonchev–Trinajstić information content (AvgIpc) is 2.38. The van der Waals surface area contributed by atoms with Gasteiger partial charge < -0.3 is 20.6 Å². The molecule has 0 saturated carbocycles. The second kappa shape index (κ2) is 7.68. The van der Waals surface area contributed by atoms with Gasteiger partial charge in [-0.15, -0.1) is 0 Å². The molecule has 0 aliphatic carbocycles. The molecule has 3 N–H and O–H groups in total. The van der Waals surface area contributed by atoms with Crippen LogP contribution in [0.4, 0.5) is 4.79 Å². The molecule has 1 atom stereocenters. The zero-order valence-electron chi connectivity index (χ0n) is 10.9. The summed E-state index contributed by atoms with van der Waals surface area (Å²) in [7, 11) is 3.39. The van der Waals surface area contributed by atoms with Gasteiger partial charge in [0, 0.05) is 33.7 Å². The molecule has 100 valence electrons. The van der Waals surface area contributed by atoms with Gasteiger partial charge in [0.1, 0.15) is 0 Å². The summed E-state index contributed by atoms with van der Waals surface area (Å²) in [6.07, 6.45) is -0.518. The first kappa shape index (κ1) is 14.5. The minimum atomic E-state index is -0.518. The van der Waals surface area contributed by atoms with Crippen molar-refractivity contribution in [2.75, 3.05) is 33.7 Å². The number of hydrogen-bond acceptors (Lipinski definition) is 3. The highest BCUT2D eigenvalue weighted by molar-refractivity contribution is 5.73. The quantitative estimate of drug-likeness (QED) is 0.648. The third kappa shape index (κ3) is 5.16. The molecular formula is C13H21N3O2. The number of amides is 2. The Morgan fingerprint density at radius 2 is 1.94 bits per heavy atom. The normalized spacial score (nSPS) is 11.9. The summed E-state index contributed by atoms with van der Waals surface area (Å²) in [5, 5.41) is 15.7. The van der Waals surface area contributed by atoms with E-state index in [1.165, 1.54) is 4.90 Å². The molecule has 0 aromatic heterocycles. The minimum Gasteiger partial charge on any atom is -0.387 e. The van der Waals surface area contributed by atoms with E-state index < -0.39 is 6.10 Å². The third-order valence-electron chi connectivity index (χ3n) is 2.51. The number of nitrogens with one attached hydrogen (secondary N) is 2. The molecule has 0 radical (unpaired) electrons. The Morgan fingerprint density at radius 3 is 2.56 bits per heavy atom. The van der Waals surface area contributed by atoms with Crippen LogP contribution < -0.4 is 10.6 Å². The number of hydrogen-bond donors (Lipinski definition) is 3. The van der Waals surface area contributed by atoms with E-state index in [0.717, 1.165) is 5.56 Å². The van der Waals surface area contributed by atoms with Crippen molar-refractivity contribution in [2.45, 2.75) is 6.10 Å². The lowest BCUT2D eigenvalue weighted by Gasteiger charge is -2.14. The molecule has 0 bridgehead atoms. The van der Waals surface area contributed by atoms with E-state index >= 15 is 0 Å². The van der Waals surface area contributed by atoms with E-state index in [0.29, 0.717) is 19.6 Å². The molecule has 5 nitrogen and oxygen atoms in total. The monoisotopic (exact) mass is 251 g/mol. The summed E-state index contributed by atoms with van der Waals surface area (Å²) < 4.78 is 0. The fourth-order valence-electron chi connectivity index (χ4n) is 1.45. The molecule has 1 rings (SSSR count). The summed E-state index contributed by atoms with van der Waals surface area (Å²) >= 11 is 0. The smallest absolute Gasteiger partial charge is 0.316 e. The molecule has 0 aliphatic rings. The lowest BCUT2D eigenvalue weighted by molar-refractivity contribution is 0.175. The second-order valence-electron chi connectivity index (χ2n) is 4.26. The van der Waals surface area contributed by atoms with Crippen LogP contribution >= 0.6 is 0 Å². The number of aliphatic hydroxyl groups excluding tert-OH is 1. The van der Waals surface area contributed by atoms with Crippen molar-refractivity contribution in [3.8, 4) is 0 Å². The predicted octanol–water partition coefficient (Wildman–Crippen LogP) is 0.581. The number of nitrogens with zero attached hydrogens (tertiary/aromatic N) is 1. The van der Waals surface area contributed by atoms with Gasteiger partial charge in [-0.05, 0) is 5.56 Å². The molecule has 0 spiro atoms. The van der Waals surface area contributed by atoms with Gasteiger partial charge >= 0.3 is 6.03 Å². The van der Waals surface area contributed by atoms with E-state index in [4.69, 9.17) is 0 Å². The minimum absolute atomic E-state index is 0.111. The SMILES string of the molecule is CN(C)C(=O)NCCNCC(O)c1ccccc1. The maximum Gasteiger partial charge on any atom is 0.316 e. The summed E-state index contributed by atoms with van der Waals surface area (Å²) in [5.41, 5.74) is 0.891. The Morgan fingerprint density at radius 1 is 1.28 bits per heavy atom. The molecule has 1 unspecified atom stereocenters. The largest absolute Gasteiger partial charge is 0.387 e. The van der Waals surface area contributed by atoms with Crippen molar-refractivity contribution in [1.29, 1.82) is 0 Å². The van der Waals surface area contributed by atoms with Gasteiger partial charge in [0.15, 0.2) is 0 Å². The molecule has 18 heavy (non-hydrogen) atoms. The first-order valence-corrected chi connectivity index (χ1v) is 6.00. The predicted molar refractivity (Wildman–Crippen MR) is 71.4 cm³/mol. The highest BCUT2D eigenvalue weighted by Crippen LogP contribution is 2.09. The molecular weight excluding hydrogens is 230 g/mol. The topological polar surface area (TPSA) is 64.6 Å². The Balaban J connectivity index is 2.13. The summed E-state index contributed by atoms with van der Waals surface area (Å²) in [6.45, 7) is 1.64. The van der Waals surface area contributed by atoms with Gasteiger partial charge in [-0.3, -0.25) is 0 Å². The fraction of sp³-hybridized carbons (Fsp3) is 0.462. The van der Waals surface area contributed by atoms with Crippen LogP contribution in [0.3, 0.4) is 0 Å². The van der Waals surface area contributed by atoms with Crippen LogP contribution in [0.15, 0.2) is 30.3 Å². The lowest BCUT2D eigenvalue weighted by atomic mass is 10.1. The van der Waals surface area contributed by atoms with Crippen LogP contribution in [-0.2, 0) is 0 Å². The van der Waals surface area contributed by atoms with E-state index in [-0.39, 0.29) is 6.03 Å². The van der Waals surface area contributed by atoms with Crippen LogP contribution in [0.5, 0.6) is 0 Å². The van der Waals surface area contributed by atoms with Crippen molar-refractivity contribution in [2.24, 2.45) is 0 Å². The van der Waals surface area contributed by atoms with Crippen LogP contribution in [-0.4, -0.2) is 49.8 Å². The van der Waals surface area contributed by atoms with Crippen molar-refractivity contribution in [1.82, 2.24) is 15.5 Å². The van der Waals surface area contributed by atoms with Gasteiger partial charge in [-0.25, -0.2) is 4.79 Å². The third-order valence-corrected chi connectivity index (χ3v) is 2.51. The van der Waals surface area contributed by atoms with E-state index in [1.807, 2.05) is 30.3 Å². The first-order chi connectivity index (χ1) is 8.61. The molecule has 0 saturated heterocycles. The van der Waals surface area contributed by atoms with Crippen LogP contribution in [0.1, 0.15) is 11.7 Å². The first-order valence-electron chi connectivity index (χ1n) is 6.00. The van der Waals surface area contributed by atoms with Crippen LogP contribution in [0, 0.1) is 0 Å². The zero-order valence-corrected chi connectivity index (χ0v) is 10.9. The van der Waals surface area contributed by atoms with Crippen molar-refractivity contribution in [3.63, 3.8) is 0 Å². The Labute approximate surface area is 108 Å². The highest BCUT2D eigenvalue weighted by atomic mass is 16.3. The Bertz CT molecular complexity index is 355. The molecule has 0 aliphatic heterocycles. The molecule has 2 amide bonds. The van der Waals surface area contributed by atoms with Crippen molar-refractivity contribution in [3.05, 3.63) is 35.9 Å². The molecule has 1 aromatic rings. The highest BCUT2D eigenvalue weighted by Gasteiger charge is 2.06. The molecule has 0 heterocycles. The number of benzene rings is 1. The van der Waals surface area contributed by atoms with E-state index in [9.17, 15) is 9.90 Å². The summed E-state index contributed by atoms with van der Waals surface area (Å²) in [4.78, 5) is 12.7. The van der Waals surface area contributed by atoms with E-state index in [1.54, 1.807) is 14.1 Å². The van der Waals surface area contributed by atoms with Crippen LogP contribution in [0.2, 0.25) is 0 Å². The van der Waals surface area contributed by atoms with Gasteiger partial charge in [0.25, 0.3) is 0 Å². The second-order valence-corrected chi connectivity index (χ2v) is 4.26. The van der Waals surface area contributed by atoms with Crippen molar-refractivity contribution >= 4 is 6.03 Å². The summed E-state index contributed by atoms with van der Waals surface area (Å²) in [5.74, 6) is 0. The van der Waals surface area contributed by atoms with Crippen LogP contribution in [0.25, 0.3) is 0 Å². The average molecular weight is 251 g/mol. The number of urea groups is 1. The zero-order chi connectivity index (χ0) is 13.4. The van der Waals surface area contributed by atoms with Gasteiger partial charge in [-0.2, -0.15) is 0 Å². The molecule has 5 heteroatoms. The summed E-state index contributed by atoms with van der Waals surface area (Å²) in [6, 6.07) is 9.38. The number of carbonyl (C=O) groups excluding carboxylic acids is 1.